The van der Waals surface area contributed by atoms with Crippen molar-refractivity contribution in [3.63, 3.8) is 0 Å². The minimum Gasteiger partial charge on any atom is -0.365 e. The first-order valence-electron chi connectivity index (χ1n) is 6.89. The first-order valence-corrected chi connectivity index (χ1v) is 7.27. The van der Waals surface area contributed by atoms with E-state index in [-0.39, 0.29) is 11.5 Å². The third kappa shape index (κ3) is 3.28. The van der Waals surface area contributed by atoms with Crippen LogP contribution in [0.3, 0.4) is 0 Å². The Kier molecular flexibility index (Phi) is 5.03. The van der Waals surface area contributed by atoms with Crippen LogP contribution in [0.15, 0.2) is 18.2 Å². The van der Waals surface area contributed by atoms with Crippen LogP contribution in [0.5, 0.6) is 0 Å². The molecule has 1 unspecified atom stereocenters. The molecule has 0 aliphatic carbocycles. The molecule has 1 aromatic rings. The number of nitrogens with two attached hydrogens (primary N) is 1. The lowest BCUT2D eigenvalue weighted by Crippen LogP contribution is -2.58. The standard InChI is InChI=1S/C14H19ClN4O2/c1-2-18-14(21)11-8-17-6-7-19(11)10-5-3-4-9(15)12(10)13(16)20/h3-5,11,17H,2,6-8H2,1H3,(H2,16,20)(H,18,21). The molecule has 1 aliphatic heterocycles. The Labute approximate surface area is 128 Å². The maximum atomic E-state index is 12.2. The molecule has 1 aromatic carbocycles. The predicted octanol–water partition coefficient (Wildman–Crippen LogP) is 0.353. The number of anilines is 1. The normalized spacial score (nSPS) is 18.4. The molecular weight excluding hydrogens is 292 g/mol. The maximum absolute atomic E-state index is 12.2. The van der Waals surface area contributed by atoms with E-state index in [1.165, 1.54) is 0 Å². The van der Waals surface area contributed by atoms with E-state index in [0.717, 1.165) is 6.54 Å². The number of carbonyl (C=O) groups excluding carboxylic acids is 2. The van der Waals surface area contributed by atoms with E-state index >= 15 is 0 Å². The number of nitrogens with zero attached hydrogens (tertiary/aromatic N) is 1. The van der Waals surface area contributed by atoms with Gasteiger partial charge in [0.05, 0.1) is 16.3 Å². The number of halogens is 1. The summed E-state index contributed by atoms with van der Waals surface area (Å²) in [6.45, 7) is 4.26. The van der Waals surface area contributed by atoms with Crippen LogP contribution < -0.4 is 21.3 Å². The molecule has 0 spiro atoms. The van der Waals surface area contributed by atoms with Crippen LogP contribution in [0, 0.1) is 0 Å². The third-order valence-electron chi connectivity index (χ3n) is 3.44. The Morgan fingerprint density at radius 1 is 1.52 bits per heavy atom. The lowest BCUT2D eigenvalue weighted by molar-refractivity contribution is -0.122. The van der Waals surface area contributed by atoms with Gasteiger partial charge in [0.15, 0.2) is 0 Å². The van der Waals surface area contributed by atoms with Crippen LogP contribution in [-0.2, 0) is 4.79 Å². The molecule has 1 atom stereocenters. The average molecular weight is 311 g/mol. The summed E-state index contributed by atoms with van der Waals surface area (Å²) in [4.78, 5) is 25.8. The van der Waals surface area contributed by atoms with Crippen LogP contribution in [0.1, 0.15) is 17.3 Å². The van der Waals surface area contributed by atoms with Gasteiger partial charge in [-0.2, -0.15) is 0 Å². The van der Waals surface area contributed by atoms with Gasteiger partial charge in [-0.3, -0.25) is 9.59 Å². The lowest BCUT2D eigenvalue weighted by atomic mass is 10.1. The molecule has 1 saturated heterocycles. The fourth-order valence-electron chi connectivity index (χ4n) is 2.51. The number of hydrogen-bond donors (Lipinski definition) is 3. The van der Waals surface area contributed by atoms with Crippen molar-refractivity contribution >= 4 is 29.1 Å². The van der Waals surface area contributed by atoms with Crippen molar-refractivity contribution in [2.24, 2.45) is 5.73 Å². The van der Waals surface area contributed by atoms with Crippen molar-refractivity contribution in [3.05, 3.63) is 28.8 Å². The van der Waals surface area contributed by atoms with Crippen molar-refractivity contribution < 1.29 is 9.59 Å². The molecule has 2 rings (SSSR count). The number of rotatable bonds is 4. The molecule has 7 heteroatoms. The van der Waals surface area contributed by atoms with Gasteiger partial charge in [0.25, 0.3) is 5.91 Å². The molecule has 6 nitrogen and oxygen atoms in total. The van der Waals surface area contributed by atoms with Gasteiger partial charge in [-0.05, 0) is 19.1 Å². The molecule has 21 heavy (non-hydrogen) atoms. The van der Waals surface area contributed by atoms with E-state index in [4.69, 9.17) is 17.3 Å². The summed E-state index contributed by atoms with van der Waals surface area (Å²) in [6, 6.07) is 4.74. The minimum atomic E-state index is -0.594. The van der Waals surface area contributed by atoms with Gasteiger partial charge in [0.1, 0.15) is 6.04 Å². The van der Waals surface area contributed by atoms with E-state index in [1.807, 2.05) is 11.8 Å². The molecule has 1 aliphatic rings. The second-order valence-corrected chi connectivity index (χ2v) is 5.21. The summed E-state index contributed by atoms with van der Waals surface area (Å²) in [5.74, 6) is -0.677. The molecule has 1 fully saturated rings. The van der Waals surface area contributed by atoms with E-state index in [0.29, 0.717) is 30.3 Å². The van der Waals surface area contributed by atoms with Gasteiger partial charge >= 0.3 is 0 Å². The van der Waals surface area contributed by atoms with Gasteiger partial charge < -0.3 is 21.3 Å². The Morgan fingerprint density at radius 2 is 2.29 bits per heavy atom. The van der Waals surface area contributed by atoms with Crippen LogP contribution in [0.4, 0.5) is 5.69 Å². The number of benzene rings is 1. The quantitative estimate of drug-likeness (QED) is 0.749. The average Bonchev–Trinajstić information content (AvgIpc) is 2.47. The molecule has 0 bridgehead atoms. The zero-order valence-corrected chi connectivity index (χ0v) is 12.6. The van der Waals surface area contributed by atoms with Crippen molar-refractivity contribution in [2.75, 3.05) is 31.1 Å². The highest BCUT2D eigenvalue weighted by Gasteiger charge is 2.31. The second-order valence-electron chi connectivity index (χ2n) is 4.81. The fourth-order valence-corrected chi connectivity index (χ4v) is 2.78. The van der Waals surface area contributed by atoms with Gasteiger partial charge in [-0.1, -0.05) is 17.7 Å². The first kappa shape index (κ1) is 15.6. The SMILES string of the molecule is CCNC(=O)C1CNCCN1c1cccc(Cl)c1C(N)=O. The monoisotopic (exact) mass is 310 g/mol. The van der Waals surface area contributed by atoms with E-state index < -0.39 is 11.9 Å². The largest absolute Gasteiger partial charge is 0.365 e. The highest BCUT2D eigenvalue weighted by atomic mass is 35.5. The van der Waals surface area contributed by atoms with E-state index in [1.54, 1.807) is 18.2 Å². The van der Waals surface area contributed by atoms with Crippen LogP contribution in [0.2, 0.25) is 5.02 Å². The summed E-state index contributed by atoms with van der Waals surface area (Å²) in [7, 11) is 0. The number of hydrogen-bond acceptors (Lipinski definition) is 4. The summed E-state index contributed by atoms with van der Waals surface area (Å²) >= 11 is 6.09. The molecule has 0 radical (unpaired) electrons. The third-order valence-corrected chi connectivity index (χ3v) is 3.76. The Balaban J connectivity index is 2.40. The summed E-state index contributed by atoms with van der Waals surface area (Å²) in [6.07, 6.45) is 0. The molecular formula is C14H19ClN4O2. The van der Waals surface area contributed by atoms with Crippen molar-refractivity contribution in [1.82, 2.24) is 10.6 Å². The maximum Gasteiger partial charge on any atom is 0.252 e. The molecule has 2 amide bonds. The topological polar surface area (TPSA) is 87.5 Å². The Bertz CT molecular complexity index is 550. The molecule has 0 aromatic heterocycles. The van der Waals surface area contributed by atoms with E-state index in [9.17, 15) is 9.59 Å². The van der Waals surface area contributed by atoms with Crippen molar-refractivity contribution in [1.29, 1.82) is 0 Å². The van der Waals surface area contributed by atoms with Gasteiger partial charge in [0, 0.05) is 26.2 Å². The highest BCUT2D eigenvalue weighted by molar-refractivity contribution is 6.34. The van der Waals surface area contributed by atoms with Crippen LogP contribution in [-0.4, -0.2) is 44.0 Å². The zero-order valence-electron chi connectivity index (χ0n) is 11.9. The Morgan fingerprint density at radius 3 is 2.95 bits per heavy atom. The van der Waals surface area contributed by atoms with Gasteiger partial charge in [-0.25, -0.2) is 0 Å². The molecule has 114 valence electrons. The lowest BCUT2D eigenvalue weighted by Gasteiger charge is -2.37. The number of nitrogens with one attached hydrogen (secondary N) is 2. The number of carbonyl (C=O) groups is 2. The summed E-state index contributed by atoms with van der Waals surface area (Å²) in [5, 5.41) is 6.29. The second kappa shape index (κ2) is 6.78. The summed E-state index contributed by atoms with van der Waals surface area (Å²) < 4.78 is 0. The zero-order chi connectivity index (χ0) is 15.4. The van der Waals surface area contributed by atoms with Crippen LogP contribution >= 0.6 is 11.6 Å². The number of likely N-dealkylation sites (N-methyl/N-ethyl adjacent to an activating group) is 1. The molecule has 4 N–H and O–H groups in total. The smallest absolute Gasteiger partial charge is 0.252 e. The van der Waals surface area contributed by atoms with Crippen molar-refractivity contribution in [3.8, 4) is 0 Å². The molecule has 0 saturated carbocycles. The van der Waals surface area contributed by atoms with Crippen molar-refractivity contribution in [2.45, 2.75) is 13.0 Å². The molecule has 1 heterocycles. The predicted molar refractivity (Wildman–Crippen MR) is 82.7 cm³/mol. The number of primary amides is 1. The highest BCUT2D eigenvalue weighted by Crippen LogP contribution is 2.29. The summed E-state index contributed by atoms with van der Waals surface area (Å²) in [5.41, 5.74) is 6.30. The van der Waals surface area contributed by atoms with E-state index in [2.05, 4.69) is 10.6 Å². The number of piperazine rings is 1. The van der Waals surface area contributed by atoms with Gasteiger partial charge in [0.2, 0.25) is 5.91 Å². The van der Waals surface area contributed by atoms with Gasteiger partial charge in [-0.15, -0.1) is 0 Å². The fraction of sp³-hybridized carbons (Fsp3) is 0.429. The Hall–Kier alpha value is -1.79. The first-order chi connectivity index (χ1) is 10.1. The minimum absolute atomic E-state index is 0.0832. The van der Waals surface area contributed by atoms with Crippen LogP contribution in [0.25, 0.3) is 0 Å². The number of amides is 2.